The second-order valence-electron chi connectivity index (χ2n) is 8.28. The summed E-state index contributed by atoms with van der Waals surface area (Å²) in [5.74, 6) is 0.0104. The van der Waals surface area contributed by atoms with Crippen LogP contribution in [-0.4, -0.2) is 47.8 Å². The van der Waals surface area contributed by atoms with Crippen molar-refractivity contribution in [2.24, 2.45) is 0 Å². The molecule has 4 rings (SSSR count). The summed E-state index contributed by atoms with van der Waals surface area (Å²) in [5.41, 5.74) is 5.84. The van der Waals surface area contributed by atoms with Gasteiger partial charge in [-0.05, 0) is 70.2 Å². The van der Waals surface area contributed by atoms with Crippen LogP contribution in [0.4, 0.5) is 11.4 Å². The summed E-state index contributed by atoms with van der Waals surface area (Å²) in [7, 11) is 1.81. The molecular formula is C23H31N5O2. The molecule has 0 spiro atoms. The number of nitrogens with zero attached hydrogens (tertiary/aromatic N) is 4. The molecule has 7 nitrogen and oxygen atoms in total. The van der Waals surface area contributed by atoms with E-state index >= 15 is 0 Å². The number of aromatic nitrogens is 2. The molecule has 0 aliphatic carbocycles. The van der Waals surface area contributed by atoms with E-state index < -0.39 is 0 Å². The molecule has 1 unspecified atom stereocenters. The lowest BCUT2D eigenvalue weighted by Gasteiger charge is -2.44. The third kappa shape index (κ3) is 3.46. The number of amides is 2. The van der Waals surface area contributed by atoms with Crippen LogP contribution in [0.15, 0.2) is 18.2 Å². The molecule has 0 radical (unpaired) electrons. The Morgan fingerprint density at radius 2 is 2.03 bits per heavy atom. The molecule has 2 aliphatic heterocycles. The fraction of sp³-hybridized carbons (Fsp3) is 0.522. The van der Waals surface area contributed by atoms with Crippen molar-refractivity contribution in [3.8, 4) is 0 Å². The van der Waals surface area contributed by atoms with Crippen LogP contribution < -0.4 is 15.1 Å². The first-order valence-electron chi connectivity index (χ1n) is 10.9. The number of hydrogen-bond acceptors (Lipinski definition) is 4. The number of anilines is 2. The maximum atomic E-state index is 12.8. The van der Waals surface area contributed by atoms with Crippen LogP contribution in [-0.2, 0) is 17.8 Å². The van der Waals surface area contributed by atoms with E-state index in [4.69, 9.17) is 0 Å². The lowest BCUT2D eigenvalue weighted by atomic mass is 9.96. The predicted molar refractivity (Wildman–Crippen MR) is 118 cm³/mol. The molecule has 0 saturated carbocycles. The van der Waals surface area contributed by atoms with Crippen molar-refractivity contribution in [3.63, 3.8) is 0 Å². The van der Waals surface area contributed by atoms with Crippen LogP contribution in [0.3, 0.4) is 0 Å². The largest absolute Gasteiger partial charge is 0.358 e. The van der Waals surface area contributed by atoms with Gasteiger partial charge in [0.05, 0.1) is 17.1 Å². The molecule has 0 bridgehead atoms. The minimum absolute atomic E-state index is 0.0635. The van der Waals surface area contributed by atoms with Crippen LogP contribution >= 0.6 is 0 Å². The molecule has 7 heteroatoms. The third-order valence-electron chi connectivity index (χ3n) is 6.52. The molecule has 1 atom stereocenters. The maximum absolute atomic E-state index is 12.8. The number of carbonyl (C=O) groups excluding carboxylic acids is 2. The SMILES string of the molecule is CCn1nc(C)c(CCNC(=O)c2ccc3c(c2)N(C)C(=O)C2CCCCN32)c1C. The van der Waals surface area contributed by atoms with Crippen molar-refractivity contribution in [2.75, 3.05) is 29.9 Å². The number of nitrogens with one attached hydrogen (secondary N) is 1. The zero-order chi connectivity index (χ0) is 21.4. The number of piperidine rings is 1. The highest BCUT2D eigenvalue weighted by Gasteiger charge is 2.38. The van der Waals surface area contributed by atoms with Crippen molar-refractivity contribution in [3.05, 3.63) is 40.7 Å². The highest BCUT2D eigenvalue weighted by molar-refractivity contribution is 6.07. The monoisotopic (exact) mass is 409 g/mol. The van der Waals surface area contributed by atoms with E-state index in [-0.39, 0.29) is 17.9 Å². The summed E-state index contributed by atoms with van der Waals surface area (Å²) < 4.78 is 2.00. The zero-order valence-corrected chi connectivity index (χ0v) is 18.4. The standard InChI is InChI=1S/C23H31N5O2/c1-5-28-16(3)18(15(2)25-28)11-12-24-22(29)17-9-10-19-21(14-17)26(4)23(30)20-8-6-7-13-27(19)20/h9-10,14,20H,5-8,11-13H2,1-4H3,(H,24,29). The van der Waals surface area contributed by atoms with Gasteiger partial charge >= 0.3 is 0 Å². The van der Waals surface area contributed by atoms with Gasteiger partial charge in [0.1, 0.15) is 6.04 Å². The van der Waals surface area contributed by atoms with Gasteiger partial charge in [0.15, 0.2) is 0 Å². The molecule has 2 aromatic rings. The average Bonchev–Trinajstić information content (AvgIpc) is 3.04. The minimum Gasteiger partial charge on any atom is -0.358 e. The Balaban J connectivity index is 1.47. The first kappa shape index (κ1) is 20.4. The van der Waals surface area contributed by atoms with E-state index in [1.165, 1.54) is 5.56 Å². The van der Waals surface area contributed by atoms with E-state index in [1.54, 1.807) is 4.90 Å². The van der Waals surface area contributed by atoms with Crippen molar-refractivity contribution in [2.45, 2.75) is 59.0 Å². The summed E-state index contributed by atoms with van der Waals surface area (Å²) in [4.78, 5) is 29.5. The molecule has 1 aromatic carbocycles. The van der Waals surface area contributed by atoms with Gasteiger partial charge in [-0.25, -0.2) is 0 Å². The first-order chi connectivity index (χ1) is 14.4. The molecule has 160 valence electrons. The number of fused-ring (bicyclic) bond motifs is 3. The van der Waals surface area contributed by atoms with Crippen LogP contribution in [0, 0.1) is 13.8 Å². The Bertz CT molecular complexity index is 980. The van der Waals surface area contributed by atoms with Gasteiger partial charge in [-0.2, -0.15) is 5.10 Å². The van der Waals surface area contributed by atoms with Gasteiger partial charge in [0, 0.05) is 37.9 Å². The van der Waals surface area contributed by atoms with Crippen LogP contribution in [0.25, 0.3) is 0 Å². The molecular weight excluding hydrogens is 378 g/mol. The quantitative estimate of drug-likeness (QED) is 0.824. The summed E-state index contributed by atoms with van der Waals surface area (Å²) in [6.45, 7) is 8.46. The van der Waals surface area contributed by atoms with E-state index in [2.05, 4.69) is 29.2 Å². The summed E-state index contributed by atoms with van der Waals surface area (Å²) in [6.07, 6.45) is 3.84. The minimum atomic E-state index is -0.113. The first-order valence-corrected chi connectivity index (χ1v) is 10.9. The fourth-order valence-corrected chi connectivity index (χ4v) is 4.80. The van der Waals surface area contributed by atoms with E-state index in [0.29, 0.717) is 12.1 Å². The van der Waals surface area contributed by atoms with Gasteiger partial charge in [0.25, 0.3) is 5.91 Å². The van der Waals surface area contributed by atoms with Gasteiger partial charge in [-0.3, -0.25) is 14.3 Å². The van der Waals surface area contributed by atoms with Crippen LogP contribution in [0.5, 0.6) is 0 Å². The second-order valence-corrected chi connectivity index (χ2v) is 8.28. The molecule has 1 saturated heterocycles. The predicted octanol–water partition coefficient (Wildman–Crippen LogP) is 2.83. The molecule has 1 fully saturated rings. The lowest BCUT2D eigenvalue weighted by molar-refractivity contribution is -0.120. The van der Waals surface area contributed by atoms with E-state index in [0.717, 1.165) is 61.5 Å². The number of aryl methyl sites for hydroxylation is 2. The smallest absolute Gasteiger partial charge is 0.251 e. The third-order valence-corrected chi connectivity index (χ3v) is 6.52. The zero-order valence-electron chi connectivity index (χ0n) is 18.4. The summed E-state index contributed by atoms with van der Waals surface area (Å²) >= 11 is 0. The van der Waals surface area contributed by atoms with Gasteiger partial charge < -0.3 is 15.1 Å². The Labute approximate surface area is 178 Å². The fourth-order valence-electron chi connectivity index (χ4n) is 4.80. The molecule has 2 aliphatic rings. The van der Waals surface area contributed by atoms with Crippen LogP contribution in [0.1, 0.15) is 53.5 Å². The highest BCUT2D eigenvalue weighted by Crippen LogP contribution is 2.39. The molecule has 30 heavy (non-hydrogen) atoms. The maximum Gasteiger partial charge on any atom is 0.251 e. The number of benzene rings is 1. The lowest BCUT2D eigenvalue weighted by Crippen LogP contribution is -2.54. The number of carbonyl (C=O) groups is 2. The Morgan fingerprint density at radius 1 is 1.23 bits per heavy atom. The molecule has 3 heterocycles. The van der Waals surface area contributed by atoms with E-state index in [1.807, 2.05) is 36.9 Å². The Kier molecular flexibility index (Phi) is 5.54. The van der Waals surface area contributed by atoms with Gasteiger partial charge in [-0.15, -0.1) is 0 Å². The summed E-state index contributed by atoms with van der Waals surface area (Å²) in [5, 5.41) is 7.57. The molecule has 1 aromatic heterocycles. The molecule has 1 N–H and O–H groups in total. The van der Waals surface area contributed by atoms with Crippen molar-refractivity contribution < 1.29 is 9.59 Å². The summed E-state index contributed by atoms with van der Waals surface area (Å²) in [6, 6.07) is 5.64. The van der Waals surface area contributed by atoms with Crippen molar-refractivity contribution in [1.82, 2.24) is 15.1 Å². The van der Waals surface area contributed by atoms with E-state index in [9.17, 15) is 9.59 Å². The van der Waals surface area contributed by atoms with Crippen LogP contribution in [0.2, 0.25) is 0 Å². The van der Waals surface area contributed by atoms with Gasteiger partial charge in [-0.1, -0.05) is 0 Å². The molecule has 2 amide bonds. The highest BCUT2D eigenvalue weighted by atomic mass is 16.2. The van der Waals surface area contributed by atoms with Crippen molar-refractivity contribution >= 4 is 23.2 Å². The van der Waals surface area contributed by atoms with Gasteiger partial charge in [0.2, 0.25) is 5.91 Å². The number of hydrogen-bond donors (Lipinski definition) is 1. The number of rotatable bonds is 5. The topological polar surface area (TPSA) is 70.5 Å². The Morgan fingerprint density at radius 3 is 2.77 bits per heavy atom. The Hall–Kier alpha value is -2.83. The second kappa shape index (κ2) is 8.13. The van der Waals surface area contributed by atoms with Crippen molar-refractivity contribution in [1.29, 1.82) is 0 Å². The average molecular weight is 410 g/mol. The number of likely N-dealkylation sites (N-methyl/N-ethyl adjacent to an activating group) is 1. The normalized spacial score (nSPS) is 18.3.